The molecule has 2 N–H and O–H groups in total. The van der Waals surface area contributed by atoms with Crippen LogP contribution < -0.4 is 15.4 Å². The number of rotatable bonds is 4. The number of carbonyl (C=O) groups is 1. The second-order valence-corrected chi connectivity index (χ2v) is 6.18. The van der Waals surface area contributed by atoms with Crippen LogP contribution in [0.25, 0.3) is 0 Å². The normalized spacial score (nSPS) is 22.4. The zero-order valence-corrected chi connectivity index (χ0v) is 14.9. The Labute approximate surface area is 147 Å². The largest absolute Gasteiger partial charge is 0.479 e. The van der Waals surface area contributed by atoms with Crippen molar-refractivity contribution in [3.8, 4) is 5.75 Å². The summed E-state index contributed by atoms with van der Waals surface area (Å²) < 4.78 is 5.62. The second kappa shape index (κ2) is 8.82. The molecule has 0 spiro atoms. The molecule has 3 atom stereocenters. The van der Waals surface area contributed by atoms with E-state index in [-0.39, 0.29) is 24.4 Å². The molecule has 1 heterocycles. The van der Waals surface area contributed by atoms with Crippen molar-refractivity contribution in [1.29, 1.82) is 0 Å². The van der Waals surface area contributed by atoms with E-state index < -0.39 is 6.10 Å². The Hall–Kier alpha value is -0.680. The van der Waals surface area contributed by atoms with Gasteiger partial charge in [-0.2, -0.15) is 0 Å². The number of piperidine rings is 1. The van der Waals surface area contributed by atoms with Gasteiger partial charge in [-0.25, -0.2) is 0 Å². The highest BCUT2D eigenvalue weighted by Gasteiger charge is 2.25. The number of hydrogen-bond donors (Lipinski definition) is 2. The number of nitrogens with one attached hydrogen (secondary N) is 2. The minimum Gasteiger partial charge on any atom is -0.479 e. The van der Waals surface area contributed by atoms with Crippen LogP contribution in [-0.4, -0.2) is 31.1 Å². The topological polar surface area (TPSA) is 50.4 Å². The molecule has 0 aromatic heterocycles. The third-order valence-corrected chi connectivity index (χ3v) is 4.50. The first kappa shape index (κ1) is 19.4. The van der Waals surface area contributed by atoms with Crippen LogP contribution in [0, 0.1) is 5.92 Å². The van der Waals surface area contributed by atoms with Crippen LogP contribution in [0.2, 0.25) is 10.0 Å². The van der Waals surface area contributed by atoms with E-state index in [1.54, 1.807) is 25.1 Å². The van der Waals surface area contributed by atoms with Crippen LogP contribution in [-0.2, 0) is 4.79 Å². The highest BCUT2D eigenvalue weighted by Crippen LogP contribution is 2.32. The molecule has 1 fully saturated rings. The number of ether oxygens (including phenoxy) is 1. The van der Waals surface area contributed by atoms with Gasteiger partial charge < -0.3 is 15.4 Å². The summed E-state index contributed by atoms with van der Waals surface area (Å²) in [6.07, 6.45) is 0.306. The number of hydrogen-bond acceptors (Lipinski definition) is 3. The molecule has 1 aromatic rings. The maximum absolute atomic E-state index is 12.2. The molecule has 1 amide bonds. The zero-order valence-electron chi connectivity index (χ0n) is 12.6. The van der Waals surface area contributed by atoms with Crippen molar-refractivity contribution >= 4 is 41.5 Å². The predicted octanol–water partition coefficient (Wildman–Crippen LogP) is 3.30. The van der Waals surface area contributed by atoms with Crippen molar-refractivity contribution in [2.45, 2.75) is 32.4 Å². The van der Waals surface area contributed by atoms with E-state index in [9.17, 15) is 4.79 Å². The van der Waals surface area contributed by atoms with Crippen LogP contribution in [0.3, 0.4) is 0 Å². The molecule has 124 valence electrons. The summed E-state index contributed by atoms with van der Waals surface area (Å²) in [6.45, 7) is 5.67. The van der Waals surface area contributed by atoms with Gasteiger partial charge in [0.1, 0.15) is 10.8 Å². The molecule has 1 aliphatic heterocycles. The van der Waals surface area contributed by atoms with Crippen molar-refractivity contribution < 1.29 is 9.53 Å². The fraction of sp³-hybridized carbons (Fsp3) is 0.533. The van der Waals surface area contributed by atoms with Gasteiger partial charge in [0.05, 0.1) is 5.02 Å². The highest BCUT2D eigenvalue weighted by atomic mass is 35.5. The Bertz CT molecular complexity index is 514. The Morgan fingerprint density at radius 3 is 2.86 bits per heavy atom. The summed E-state index contributed by atoms with van der Waals surface area (Å²) in [5.74, 6) is 0.694. The van der Waals surface area contributed by atoms with Gasteiger partial charge in [0.25, 0.3) is 5.91 Å². The molecular formula is C15H21Cl3N2O2. The fourth-order valence-corrected chi connectivity index (χ4v) is 2.68. The van der Waals surface area contributed by atoms with Gasteiger partial charge in [-0.15, -0.1) is 12.4 Å². The minimum atomic E-state index is -0.622. The first-order valence-electron chi connectivity index (χ1n) is 7.10. The molecule has 7 heteroatoms. The number of carbonyl (C=O) groups excluding carboxylic acids is 1. The van der Waals surface area contributed by atoms with E-state index in [0.29, 0.717) is 21.7 Å². The third kappa shape index (κ3) is 4.92. The van der Waals surface area contributed by atoms with Gasteiger partial charge in [0.15, 0.2) is 6.10 Å². The second-order valence-electron chi connectivity index (χ2n) is 5.40. The lowest BCUT2D eigenvalue weighted by Gasteiger charge is -2.31. The smallest absolute Gasteiger partial charge is 0.261 e. The fourth-order valence-electron chi connectivity index (χ4n) is 2.35. The van der Waals surface area contributed by atoms with Gasteiger partial charge >= 0.3 is 0 Å². The Balaban J connectivity index is 0.00000242. The standard InChI is InChI=1S/C15H20Cl2N2O2.ClH/c1-9-8-18-7-6-12(9)19-15(20)10(2)21-13-5-3-4-11(16)14(13)17;/h3-5,9-10,12,18H,6-8H2,1-2H3,(H,19,20);1H. The minimum absolute atomic E-state index is 0. The molecule has 3 unspecified atom stereocenters. The summed E-state index contributed by atoms with van der Waals surface area (Å²) in [5, 5.41) is 7.09. The molecule has 0 saturated carbocycles. The summed E-state index contributed by atoms with van der Waals surface area (Å²) in [5.41, 5.74) is 0. The number of halogens is 3. The first-order chi connectivity index (χ1) is 9.99. The molecule has 0 radical (unpaired) electrons. The maximum Gasteiger partial charge on any atom is 0.261 e. The molecule has 1 aliphatic rings. The van der Waals surface area contributed by atoms with Crippen molar-refractivity contribution in [3.05, 3.63) is 28.2 Å². The summed E-state index contributed by atoms with van der Waals surface area (Å²) in [4.78, 5) is 12.2. The SMILES string of the molecule is CC(Oc1cccc(Cl)c1Cl)C(=O)NC1CCNCC1C.Cl. The van der Waals surface area contributed by atoms with Gasteiger partial charge in [-0.3, -0.25) is 4.79 Å². The van der Waals surface area contributed by atoms with E-state index in [4.69, 9.17) is 27.9 Å². The lowest BCUT2D eigenvalue weighted by molar-refractivity contribution is -0.128. The average Bonchev–Trinajstić information content (AvgIpc) is 2.46. The van der Waals surface area contributed by atoms with Gasteiger partial charge in [0, 0.05) is 6.04 Å². The van der Waals surface area contributed by atoms with Crippen LogP contribution in [0.15, 0.2) is 18.2 Å². The van der Waals surface area contributed by atoms with Gasteiger partial charge in [-0.05, 0) is 44.5 Å². The molecular weight excluding hydrogens is 347 g/mol. The average molecular weight is 368 g/mol. The Morgan fingerprint density at radius 1 is 1.45 bits per heavy atom. The molecule has 4 nitrogen and oxygen atoms in total. The van der Waals surface area contributed by atoms with Crippen molar-refractivity contribution in [2.75, 3.05) is 13.1 Å². The molecule has 2 rings (SSSR count). The summed E-state index contributed by atoms with van der Waals surface area (Å²) in [7, 11) is 0. The van der Waals surface area contributed by atoms with Crippen LogP contribution in [0.4, 0.5) is 0 Å². The maximum atomic E-state index is 12.2. The number of amides is 1. The highest BCUT2D eigenvalue weighted by molar-refractivity contribution is 6.42. The van der Waals surface area contributed by atoms with Crippen LogP contribution in [0.5, 0.6) is 5.75 Å². The third-order valence-electron chi connectivity index (χ3n) is 3.70. The quantitative estimate of drug-likeness (QED) is 0.858. The molecule has 0 aliphatic carbocycles. The predicted molar refractivity (Wildman–Crippen MR) is 92.4 cm³/mol. The molecule has 1 aromatic carbocycles. The van der Waals surface area contributed by atoms with E-state index in [1.807, 2.05) is 0 Å². The Kier molecular flexibility index (Phi) is 7.77. The van der Waals surface area contributed by atoms with E-state index >= 15 is 0 Å². The molecule has 0 bridgehead atoms. The van der Waals surface area contributed by atoms with Gasteiger partial charge in [0.2, 0.25) is 0 Å². The summed E-state index contributed by atoms with van der Waals surface area (Å²) >= 11 is 12.0. The van der Waals surface area contributed by atoms with E-state index in [0.717, 1.165) is 19.5 Å². The van der Waals surface area contributed by atoms with Crippen LogP contribution in [0.1, 0.15) is 20.3 Å². The lowest BCUT2D eigenvalue weighted by Crippen LogP contribution is -2.51. The van der Waals surface area contributed by atoms with E-state index in [2.05, 4.69) is 17.6 Å². The molecule has 22 heavy (non-hydrogen) atoms. The van der Waals surface area contributed by atoms with Crippen molar-refractivity contribution in [3.63, 3.8) is 0 Å². The lowest BCUT2D eigenvalue weighted by atomic mass is 9.95. The van der Waals surface area contributed by atoms with Gasteiger partial charge in [-0.1, -0.05) is 36.2 Å². The number of benzene rings is 1. The molecule has 1 saturated heterocycles. The zero-order chi connectivity index (χ0) is 15.4. The van der Waals surface area contributed by atoms with Crippen molar-refractivity contribution in [1.82, 2.24) is 10.6 Å². The van der Waals surface area contributed by atoms with Crippen molar-refractivity contribution in [2.24, 2.45) is 5.92 Å². The Morgan fingerprint density at radius 2 is 2.18 bits per heavy atom. The summed E-state index contributed by atoms with van der Waals surface area (Å²) in [6, 6.07) is 5.30. The van der Waals surface area contributed by atoms with Crippen LogP contribution >= 0.6 is 35.6 Å². The van der Waals surface area contributed by atoms with E-state index in [1.165, 1.54) is 0 Å². The first-order valence-corrected chi connectivity index (χ1v) is 7.86. The monoisotopic (exact) mass is 366 g/mol.